The van der Waals surface area contributed by atoms with Gasteiger partial charge in [0.1, 0.15) is 5.82 Å². The molecule has 0 saturated carbocycles. The van der Waals surface area contributed by atoms with Gasteiger partial charge in [0.05, 0.1) is 11.1 Å². The number of Topliss-reactive ketones (excluding diaryl/α,β-unsaturated/α-hetero) is 1. The van der Waals surface area contributed by atoms with E-state index in [4.69, 9.17) is 0 Å². The van der Waals surface area contributed by atoms with Crippen molar-refractivity contribution in [3.63, 3.8) is 0 Å². The van der Waals surface area contributed by atoms with Gasteiger partial charge in [-0.25, -0.2) is 8.36 Å². The second-order valence-corrected chi connectivity index (χ2v) is 12.6. The summed E-state index contributed by atoms with van der Waals surface area (Å²) >= 11 is 0. The number of likely N-dealkylation sites (N-methyl/N-ethyl adjacent to an activating group) is 1. The summed E-state index contributed by atoms with van der Waals surface area (Å²) in [6.45, 7) is 5.45. The largest absolute Gasteiger partial charge is 0.342 e. The van der Waals surface area contributed by atoms with Crippen LogP contribution in [-0.2, 0) is 21.5 Å². The van der Waals surface area contributed by atoms with E-state index < -0.39 is 21.9 Å². The van der Waals surface area contributed by atoms with E-state index in [1.807, 2.05) is 13.8 Å². The fraction of sp³-hybridized carbons (Fsp3) is 0.393. The van der Waals surface area contributed by atoms with E-state index >= 15 is 0 Å². The molecule has 1 fully saturated rings. The van der Waals surface area contributed by atoms with Crippen molar-refractivity contribution in [2.45, 2.75) is 32.5 Å². The summed E-state index contributed by atoms with van der Waals surface area (Å²) in [5.41, 5.74) is 1.37. The van der Waals surface area contributed by atoms with E-state index in [0.717, 1.165) is 18.7 Å². The first-order valence-corrected chi connectivity index (χ1v) is 14.3. The molecule has 10 nitrogen and oxygen atoms in total. The molecule has 0 radical (unpaired) electrons. The second kappa shape index (κ2) is 11.1. The minimum atomic E-state index is -4.00. The highest BCUT2D eigenvalue weighted by molar-refractivity contribution is 7.87. The molecule has 0 unspecified atom stereocenters. The zero-order chi connectivity index (χ0) is 29.5. The molecular formula is C28H34FN5O5S. The van der Waals surface area contributed by atoms with Gasteiger partial charge in [-0.3, -0.25) is 19.3 Å². The summed E-state index contributed by atoms with van der Waals surface area (Å²) in [4.78, 5) is 44.2. The molecule has 40 heavy (non-hydrogen) atoms. The number of ketones is 1. The molecular weight excluding hydrogens is 537 g/mol. The predicted molar refractivity (Wildman–Crippen MR) is 150 cm³/mol. The Bertz CT molecular complexity index is 1570. The first kappa shape index (κ1) is 29.4. The van der Waals surface area contributed by atoms with Crippen molar-refractivity contribution >= 4 is 38.7 Å². The Hall–Kier alpha value is -3.61. The number of hydrogen-bond acceptors (Lipinski definition) is 6. The van der Waals surface area contributed by atoms with Crippen LogP contribution in [0.3, 0.4) is 0 Å². The highest BCUT2D eigenvalue weighted by Crippen LogP contribution is 2.29. The monoisotopic (exact) mass is 571 g/mol. The average molecular weight is 572 g/mol. The summed E-state index contributed by atoms with van der Waals surface area (Å²) in [6, 6.07) is 10.3. The SMILES string of the molecule is C[C@@H]1CN(Cc2ccc(F)cc2)[C@@H](C)CN1C(=O)c1cn(S(=O)(=O)N(C)C)c2ccc(C(=O)C(=O)N(C)C)cc12. The maximum Gasteiger partial charge on any atom is 0.307 e. The average Bonchev–Trinajstić information content (AvgIpc) is 3.30. The summed E-state index contributed by atoms with van der Waals surface area (Å²) < 4.78 is 41.7. The highest BCUT2D eigenvalue weighted by Gasteiger charge is 2.35. The van der Waals surface area contributed by atoms with Crippen molar-refractivity contribution < 1.29 is 27.2 Å². The van der Waals surface area contributed by atoms with Crippen LogP contribution in [0.4, 0.5) is 4.39 Å². The Morgan fingerprint density at radius 1 is 0.950 bits per heavy atom. The van der Waals surface area contributed by atoms with Gasteiger partial charge in [-0.2, -0.15) is 12.7 Å². The van der Waals surface area contributed by atoms with Crippen LogP contribution in [0.5, 0.6) is 0 Å². The van der Waals surface area contributed by atoms with Crippen LogP contribution in [0.15, 0.2) is 48.7 Å². The normalized spacial score (nSPS) is 18.4. The zero-order valence-corrected chi connectivity index (χ0v) is 24.3. The number of piperazine rings is 1. The minimum absolute atomic E-state index is 0.0288. The number of carbonyl (C=O) groups is 3. The molecule has 1 aliphatic heterocycles. The number of nitrogens with zero attached hydrogens (tertiary/aromatic N) is 5. The van der Waals surface area contributed by atoms with Crippen LogP contribution in [0.2, 0.25) is 0 Å². The van der Waals surface area contributed by atoms with E-state index in [9.17, 15) is 27.2 Å². The third-order valence-electron chi connectivity index (χ3n) is 7.25. The van der Waals surface area contributed by atoms with Gasteiger partial charge in [0.15, 0.2) is 0 Å². The smallest absolute Gasteiger partial charge is 0.307 e. The van der Waals surface area contributed by atoms with Gasteiger partial charge in [-0.15, -0.1) is 0 Å². The number of fused-ring (bicyclic) bond motifs is 1. The van der Waals surface area contributed by atoms with E-state index in [1.54, 1.807) is 17.0 Å². The third-order valence-corrected chi connectivity index (χ3v) is 8.97. The standard InChI is InChI=1S/C28H34FN5O5S/c1-18-15-33(19(2)14-32(18)16-20-7-10-22(29)11-8-20)27(36)24-17-34(40(38,39)31(5)6)25-12-9-21(13-23(24)25)26(35)28(37)30(3)4/h7-13,17-19H,14-16H2,1-6H3/t18-,19+/m0/s1. The molecule has 214 valence electrons. The third kappa shape index (κ3) is 5.51. The number of hydrogen-bond donors (Lipinski definition) is 0. The number of benzene rings is 2. The van der Waals surface area contributed by atoms with Crippen molar-refractivity contribution in [2.24, 2.45) is 0 Å². The predicted octanol–water partition coefficient (Wildman–Crippen LogP) is 2.44. The molecule has 1 aromatic heterocycles. The fourth-order valence-electron chi connectivity index (χ4n) is 4.89. The van der Waals surface area contributed by atoms with Gasteiger partial charge in [-0.1, -0.05) is 12.1 Å². The lowest BCUT2D eigenvalue weighted by Crippen LogP contribution is -2.57. The topological polar surface area (TPSA) is 103 Å². The number of aromatic nitrogens is 1. The van der Waals surface area contributed by atoms with Crippen molar-refractivity contribution in [3.8, 4) is 0 Å². The van der Waals surface area contributed by atoms with E-state index in [0.29, 0.717) is 19.6 Å². The number of halogens is 1. The van der Waals surface area contributed by atoms with Crippen molar-refractivity contribution in [1.29, 1.82) is 0 Å². The van der Waals surface area contributed by atoms with Crippen molar-refractivity contribution in [3.05, 3.63) is 71.2 Å². The molecule has 1 saturated heterocycles. The van der Waals surface area contributed by atoms with Gasteiger partial charge >= 0.3 is 10.2 Å². The first-order chi connectivity index (χ1) is 18.7. The molecule has 0 bridgehead atoms. The number of rotatable bonds is 7. The van der Waals surface area contributed by atoms with Crippen molar-refractivity contribution in [2.75, 3.05) is 41.3 Å². The van der Waals surface area contributed by atoms with Crippen LogP contribution in [0, 0.1) is 5.82 Å². The van der Waals surface area contributed by atoms with E-state index in [1.165, 1.54) is 64.7 Å². The van der Waals surface area contributed by atoms with E-state index in [2.05, 4.69) is 4.90 Å². The van der Waals surface area contributed by atoms with Gasteiger partial charge in [-0.05, 0) is 49.7 Å². The molecule has 2 aromatic carbocycles. The molecule has 2 atom stereocenters. The zero-order valence-electron chi connectivity index (χ0n) is 23.5. The highest BCUT2D eigenvalue weighted by atomic mass is 32.2. The Morgan fingerprint density at radius 3 is 2.20 bits per heavy atom. The first-order valence-electron chi connectivity index (χ1n) is 12.9. The quantitative estimate of drug-likeness (QED) is 0.319. The van der Waals surface area contributed by atoms with Crippen LogP contribution in [0.25, 0.3) is 10.9 Å². The summed E-state index contributed by atoms with van der Waals surface area (Å²) in [7, 11) is 1.71. The molecule has 4 rings (SSSR count). The van der Waals surface area contributed by atoms with Crippen LogP contribution >= 0.6 is 0 Å². The van der Waals surface area contributed by atoms with Crippen LogP contribution in [-0.4, -0.2) is 102 Å². The lowest BCUT2D eigenvalue weighted by atomic mass is 10.0. The van der Waals surface area contributed by atoms with Crippen molar-refractivity contribution in [1.82, 2.24) is 23.0 Å². The number of carbonyl (C=O) groups excluding carboxylic acids is 3. The maximum atomic E-state index is 14.0. The van der Waals surface area contributed by atoms with Crippen LogP contribution < -0.4 is 0 Å². The molecule has 0 aliphatic carbocycles. The van der Waals surface area contributed by atoms with Gasteiger partial charge < -0.3 is 9.80 Å². The molecule has 2 heterocycles. The second-order valence-electron chi connectivity index (χ2n) is 10.6. The molecule has 0 N–H and O–H groups in total. The summed E-state index contributed by atoms with van der Waals surface area (Å²) in [6.07, 6.45) is 1.28. The Balaban J connectivity index is 1.71. The van der Waals surface area contributed by atoms with Crippen LogP contribution in [0.1, 0.15) is 40.1 Å². The maximum absolute atomic E-state index is 14.0. The summed E-state index contributed by atoms with van der Waals surface area (Å²) in [5.74, 6) is -2.16. The van der Waals surface area contributed by atoms with Gasteiger partial charge in [0, 0.05) is 77.1 Å². The lowest BCUT2D eigenvalue weighted by molar-refractivity contribution is -0.124. The molecule has 2 amide bonds. The number of amides is 2. The Labute approximate surface area is 233 Å². The molecule has 12 heteroatoms. The minimum Gasteiger partial charge on any atom is -0.342 e. The lowest BCUT2D eigenvalue weighted by Gasteiger charge is -2.44. The van der Waals surface area contributed by atoms with E-state index in [-0.39, 0.29) is 45.8 Å². The molecule has 3 aromatic rings. The Morgan fingerprint density at radius 2 is 1.60 bits per heavy atom. The fourth-order valence-corrected chi connectivity index (χ4v) is 5.88. The molecule has 0 spiro atoms. The van der Waals surface area contributed by atoms with Gasteiger partial charge in [0.2, 0.25) is 5.78 Å². The summed E-state index contributed by atoms with van der Waals surface area (Å²) in [5, 5.41) is 0.265. The Kier molecular flexibility index (Phi) is 8.16. The molecule has 1 aliphatic rings. The van der Waals surface area contributed by atoms with Gasteiger partial charge in [0.25, 0.3) is 11.8 Å².